The van der Waals surface area contributed by atoms with E-state index in [-0.39, 0.29) is 11.6 Å². The van der Waals surface area contributed by atoms with Gasteiger partial charge in [-0.3, -0.25) is 14.6 Å². The number of aryl methyl sites for hydroxylation is 1. The smallest absolute Gasteiger partial charge is 0.267 e. The van der Waals surface area contributed by atoms with Gasteiger partial charge in [-0.1, -0.05) is 32.9 Å². The fourth-order valence-electron chi connectivity index (χ4n) is 3.09. The molecule has 8 nitrogen and oxygen atoms in total. The summed E-state index contributed by atoms with van der Waals surface area (Å²) in [6.45, 7) is 7.59. The van der Waals surface area contributed by atoms with Gasteiger partial charge in [0.05, 0.1) is 17.6 Å². The number of nitrogens with zero attached hydrogens (tertiary/aromatic N) is 4. The van der Waals surface area contributed by atoms with Gasteiger partial charge in [-0.05, 0) is 42.8 Å². The highest BCUT2D eigenvalue weighted by Gasteiger charge is 2.22. The highest BCUT2D eigenvalue weighted by molar-refractivity contribution is 5.95. The second-order valence-electron chi connectivity index (χ2n) is 8.68. The fraction of sp³-hybridized carbons (Fsp3) is 0.208. The van der Waals surface area contributed by atoms with Crippen molar-refractivity contribution >= 4 is 23.1 Å². The number of aromatic nitrogens is 4. The van der Waals surface area contributed by atoms with Crippen molar-refractivity contribution in [2.45, 2.75) is 27.7 Å². The van der Waals surface area contributed by atoms with Crippen LogP contribution in [0, 0.1) is 12.3 Å². The monoisotopic (exact) mass is 428 g/mol. The van der Waals surface area contributed by atoms with Crippen molar-refractivity contribution in [3.05, 3.63) is 66.1 Å². The molecule has 162 valence electrons. The Morgan fingerprint density at radius 3 is 2.41 bits per heavy atom. The minimum atomic E-state index is -0.574. The first kappa shape index (κ1) is 21.2. The van der Waals surface area contributed by atoms with Gasteiger partial charge in [0.15, 0.2) is 5.65 Å². The molecular weight excluding hydrogens is 404 g/mol. The van der Waals surface area contributed by atoms with Gasteiger partial charge in [0, 0.05) is 28.4 Å². The van der Waals surface area contributed by atoms with E-state index in [2.05, 4.69) is 20.4 Å². The van der Waals surface area contributed by atoms with Crippen molar-refractivity contribution < 1.29 is 9.59 Å². The first-order valence-corrected chi connectivity index (χ1v) is 10.2. The van der Waals surface area contributed by atoms with Gasteiger partial charge in [0.25, 0.3) is 5.91 Å². The second kappa shape index (κ2) is 7.88. The van der Waals surface area contributed by atoms with Crippen molar-refractivity contribution in [1.29, 1.82) is 0 Å². The van der Waals surface area contributed by atoms with E-state index >= 15 is 0 Å². The van der Waals surface area contributed by atoms with Crippen molar-refractivity contribution in [3.8, 4) is 22.5 Å². The number of nitrogens with two attached hydrogens (primary N) is 1. The molecule has 0 radical (unpaired) electrons. The summed E-state index contributed by atoms with van der Waals surface area (Å²) in [5, 5.41) is 7.62. The summed E-state index contributed by atoms with van der Waals surface area (Å²) in [5.74, 6) is -0.620. The van der Waals surface area contributed by atoms with Crippen LogP contribution in [-0.2, 0) is 4.79 Å². The first-order chi connectivity index (χ1) is 15.1. The van der Waals surface area contributed by atoms with Gasteiger partial charge in [0.1, 0.15) is 5.69 Å². The van der Waals surface area contributed by atoms with Crippen LogP contribution in [0.2, 0.25) is 0 Å². The Bertz CT molecular complexity index is 1330. The molecule has 0 atom stereocenters. The van der Waals surface area contributed by atoms with Crippen LogP contribution in [0.1, 0.15) is 36.8 Å². The average Bonchev–Trinajstić information content (AvgIpc) is 3.18. The predicted molar refractivity (Wildman–Crippen MR) is 123 cm³/mol. The number of carbonyl (C=O) groups is 2. The zero-order chi connectivity index (χ0) is 23.0. The van der Waals surface area contributed by atoms with Crippen LogP contribution < -0.4 is 11.1 Å². The van der Waals surface area contributed by atoms with Gasteiger partial charge in [-0.15, -0.1) is 0 Å². The van der Waals surface area contributed by atoms with Gasteiger partial charge >= 0.3 is 0 Å². The number of amides is 2. The third kappa shape index (κ3) is 4.20. The Labute approximate surface area is 185 Å². The molecule has 4 aromatic rings. The topological polar surface area (TPSA) is 115 Å². The number of nitrogens with one attached hydrogen (secondary N) is 1. The zero-order valence-electron chi connectivity index (χ0n) is 18.4. The van der Waals surface area contributed by atoms with E-state index in [4.69, 9.17) is 5.73 Å². The highest BCUT2D eigenvalue weighted by atomic mass is 16.2. The summed E-state index contributed by atoms with van der Waals surface area (Å²) < 4.78 is 1.69. The molecule has 8 heteroatoms. The molecule has 4 rings (SSSR count). The number of rotatable bonds is 4. The predicted octanol–water partition coefficient (Wildman–Crippen LogP) is 3.85. The average molecular weight is 428 g/mol. The molecule has 0 aliphatic heterocycles. The molecule has 2 amide bonds. The molecule has 0 bridgehead atoms. The summed E-state index contributed by atoms with van der Waals surface area (Å²) in [4.78, 5) is 32.4. The normalized spacial score (nSPS) is 11.5. The lowest BCUT2D eigenvalue weighted by molar-refractivity contribution is -0.123. The summed E-state index contributed by atoms with van der Waals surface area (Å²) >= 11 is 0. The Morgan fingerprint density at radius 2 is 1.75 bits per heavy atom. The Morgan fingerprint density at radius 1 is 1.00 bits per heavy atom. The van der Waals surface area contributed by atoms with Crippen LogP contribution in [0.3, 0.4) is 0 Å². The number of imidazole rings is 1. The molecule has 0 aliphatic carbocycles. The van der Waals surface area contributed by atoms with Crippen molar-refractivity contribution in [2.75, 3.05) is 5.32 Å². The van der Waals surface area contributed by atoms with Crippen molar-refractivity contribution in [2.24, 2.45) is 11.1 Å². The maximum absolute atomic E-state index is 12.4. The SMILES string of the molecule is Cc1ccc(-c2cn3nc(-c4ccc(C(N)=O)nc4)ccc3n2)cc1NC(=O)C(C)(C)C. The van der Waals surface area contributed by atoms with Crippen LogP contribution in [-0.4, -0.2) is 31.4 Å². The van der Waals surface area contributed by atoms with Gasteiger partial charge in [0.2, 0.25) is 5.91 Å². The molecule has 3 heterocycles. The van der Waals surface area contributed by atoms with E-state index in [0.29, 0.717) is 11.3 Å². The van der Waals surface area contributed by atoms with E-state index in [1.807, 2.05) is 64.2 Å². The third-order valence-electron chi connectivity index (χ3n) is 5.09. The van der Waals surface area contributed by atoms with Gasteiger partial charge < -0.3 is 11.1 Å². The van der Waals surface area contributed by atoms with Gasteiger partial charge in [-0.25, -0.2) is 9.50 Å². The lowest BCUT2D eigenvalue weighted by Crippen LogP contribution is -2.27. The Balaban J connectivity index is 1.66. The molecule has 3 aromatic heterocycles. The summed E-state index contributed by atoms with van der Waals surface area (Å²) in [7, 11) is 0. The van der Waals surface area contributed by atoms with E-state index in [0.717, 1.165) is 28.1 Å². The molecule has 0 saturated heterocycles. The lowest BCUT2D eigenvalue weighted by atomic mass is 9.95. The molecule has 0 saturated carbocycles. The molecular formula is C24H24N6O2. The second-order valence-corrected chi connectivity index (χ2v) is 8.68. The van der Waals surface area contributed by atoms with E-state index in [1.54, 1.807) is 22.8 Å². The molecule has 0 aliphatic rings. The molecule has 0 fully saturated rings. The number of hydrogen-bond donors (Lipinski definition) is 2. The third-order valence-corrected chi connectivity index (χ3v) is 5.09. The summed E-state index contributed by atoms with van der Waals surface area (Å²) in [6, 6.07) is 12.9. The number of primary amides is 1. The van der Waals surface area contributed by atoms with Crippen molar-refractivity contribution in [1.82, 2.24) is 19.6 Å². The van der Waals surface area contributed by atoms with E-state index in [9.17, 15) is 9.59 Å². The Hall–Kier alpha value is -4.07. The minimum Gasteiger partial charge on any atom is -0.364 e. The van der Waals surface area contributed by atoms with Crippen LogP contribution in [0.15, 0.2) is 54.9 Å². The quantitative estimate of drug-likeness (QED) is 0.512. The number of pyridine rings is 1. The number of benzene rings is 1. The van der Waals surface area contributed by atoms with Crippen LogP contribution in [0.4, 0.5) is 5.69 Å². The number of hydrogen-bond acceptors (Lipinski definition) is 5. The van der Waals surface area contributed by atoms with Crippen LogP contribution in [0.25, 0.3) is 28.2 Å². The molecule has 0 unspecified atom stereocenters. The fourth-order valence-corrected chi connectivity index (χ4v) is 3.09. The lowest BCUT2D eigenvalue weighted by Gasteiger charge is -2.19. The Kier molecular flexibility index (Phi) is 5.22. The largest absolute Gasteiger partial charge is 0.364 e. The van der Waals surface area contributed by atoms with E-state index < -0.39 is 11.3 Å². The maximum Gasteiger partial charge on any atom is 0.267 e. The first-order valence-electron chi connectivity index (χ1n) is 10.2. The van der Waals surface area contributed by atoms with Crippen LogP contribution >= 0.6 is 0 Å². The number of carbonyl (C=O) groups excluding carboxylic acids is 2. The maximum atomic E-state index is 12.4. The highest BCUT2D eigenvalue weighted by Crippen LogP contribution is 2.27. The molecule has 3 N–H and O–H groups in total. The molecule has 0 spiro atoms. The van der Waals surface area contributed by atoms with Crippen LogP contribution in [0.5, 0.6) is 0 Å². The number of anilines is 1. The van der Waals surface area contributed by atoms with E-state index in [1.165, 1.54) is 0 Å². The molecule has 32 heavy (non-hydrogen) atoms. The number of fused-ring (bicyclic) bond motifs is 1. The summed E-state index contributed by atoms with van der Waals surface area (Å²) in [5.41, 5.74) is 10.4. The minimum absolute atomic E-state index is 0.0463. The standard InChI is InChI=1S/C24H24N6O2/c1-14-5-6-15(11-19(14)28-23(32)24(2,3)4)20-13-30-21(27-20)10-9-17(29-30)16-7-8-18(22(25)31)26-12-16/h5-13H,1-4H3,(H2,25,31)(H,28,32). The van der Waals surface area contributed by atoms with Gasteiger partial charge in [-0.2, -0.15) is 5.10 Å². The molecule has 1 aromatic carbocycles. The summed E-state index contributed by atoms with van der Waals surface area (Å²) in [6.07, 6.45) is 3.40. The zero-order valence-corrected chi connectivity index (χ0v) is 18.4. The van der Waals surface area contributed by atoms with Crippen molar-refractivity contribution in [3.63, 3.8) is 0 Å².